The highest BCUT2D eigenvalue weighted by molar-refractivity contribution is 6.04. The average molecular weight is 348 g/mol. The summed E-state index contributed by atoms with van der Waals surface area (Å²) in [7, 11) is 0. The first kappa shape index (κ1) is 17.6. The number of nitrogens with zero attached hydrogens (tertiary/aromatic N) is 1. The number of hydrogen-bond acceptors (Lipinski definition) is 4. The van der Waals surface area contributed by atoms with Crippen LogP contribution in [0.5, 0.6) is 0 Å². The zero-order chi connectivity index (χ0) is 18.5. The van der Waals surface area contributed by atoms with E-state index in [0.717, 1.165) is 16.8 Å². The minimum absolute atomic E-state index is 0.161. The summed E-state index contributed by atoms with van der Waals surface area (Å²) in [5.41, 5.74) is 2.85. The van der Waals surface area contributed by atoms with Crippen molar-refractivity contribution in [3.63, 3.8) is 0 Å². The SMILES string of the molecule is Cc1cc(C(=O)OCC(=O)NC(C)c2ccccc2)c2ccccc2n1. The maximum Gasteiger partial charge on any atom is 0.339 e. The van der Waals surface area contributed by atoms with Gasteiger partial charge in [-0.2, -0.15) is 0 Å². The molecule has 1 N–H and O–H groups in total. The molecule has 3 aromatic rings. The molecule has 3 rings (SSSR count). The van der Waals surface area contributed by atoms with Gasteiger partial charge in [0.25, 0.3) is 5.91 Å². The normalized spacial score (nSPS) is 11.8. The summed E-state index contributed by atoms with van der Waals surface area (Å²) in [5, 5.41) is 3.53. The van der Waals surface area contributed by atoms with E-state index in [1.807, 2.05) is 68.4 Å². The van der Waals surface area contributed by atoms with Crippen molar-refractivity contribution >= 4 is 22.8 Å². The van der Waals surface area contributed by atoms with E-state index in [-0.39, 0.29) is 18.6 Å². The van der Waals surface area contributed by atoms with Crippen LogP contribution in [0.25, 0.3) is 10.9 Å². The smallest absolute Gasteiger partial charge is 0.339 e. The van der Waals surface area contributed by atoms with Gasteiger partial charge in [0.1, 0.15) is 0 Å². The number of pyridine rings is 1. The second-order valence-corrected chi connectivity index (χ2v) is 6.10. The van der Waals surface area contributed by atoms with Crippen molar-refractivity contribution in [3.05, 3.63) is 77.5 Å². The molecule has 0 bridgehead atoms. The third-order valence-corrected chi connectivity index (χ3v) is 4.08. The molecule has 1 unspecified atom stereocenters. The van der Waals surface area contributed by atoms with Gasteiger partial charge in [-0.3, -0.25) is 9.78 Å². The number of carbonyl (C=O) groups excluding carboxylic acids is 2. The van der Waals surface area contributed by atoms with Gasteiger partial charge in [-0.05, 0) is 31.5 Å². The summed E-state index contributed by atoms with van der Waals surface area (Å²) in [6.07, 6.45) is 0. The van der Waals surface area contributed by atoms with Gasteiger partial charge in [0, 0.05) is 11.1 Å². The van der Waals surface area contributed by atoms with Crippen molar-refractivity contribution in [2.45, 2.75) is 19.9 Å². The molecule has 1 aromatic heterocycles. The lowest BCUT2D eigenvalue weighted by Crippen LogP contribution is -2.31. The third kappa shape index (κ3) is 4.06. The van der Waals surface area contributed by atoms with Gasteiger partial charge in [-0.15, -0.1) is 0 Å². The maximum atomic E-state index is 12.4. The zero-order valence-electron chi connectivity index (χ0n) is 14.7. The highest BCUT2D eigenvalue weighted by atomic mass is 16.5. The van der Waals surface area contributed by atoms with Crippen molar-refractivity contribution in [3.8, 4) is 0 Å². The molecule has 2 aromatic carbocycles. The predicted molar refractivity (Wildman–Crippen MR) is 99.8 cm³/mol. The van der Waals surface area contributed by atoms with E-state index in [4.69, 9.17) is 4.74 Å². The number of carbonyl (C=O) groups is 2. The van der Waals surface area contributed by atoms with E-state index in [9.17, 15) is 9.59 Å². The molecule has 5 nitrogen and oxygen atoms in total. The highest BCUT2D eigenvalue weighted by Gasteiger charge is 2.16. The van der Waals surface area contributed by atoms with Crippen LogP contribution in [0, 0.1) is 6.92 Å². The Bertz CT molecular complexity index is 938. The largest absolute Gasteiger partial charge is 0.452 e. The molecule has 0 saturated heterocycles. The summed E-state index contributed by atoms with van der Waals surface area (Å²) in [6.45, 7) is 3.37. The molecule has 0 radical (unpaired) electrons. The van der Waals surface area contributed by atoms with Gasteiger partial charge < -0.3 is 10.1 Å². The Balaban J connectivity index is 1.65. The summed E-state index contributed by atoms with van der Waals surface area (Å²) < 4.78 is 5.21. The van der Waals surface area contributed by atoms with Crippen LogP contribution in [0.3, 0.4) is 0 Å². The van der Waals surface area contributed by atoms with Crippen LogP contribution >= 0.6 is 0 Å². The van der Waals surface area contributed by atoms with Gasteiger partial charge in [0.15, 0.2) is 6.61 Å². The summed E-state index contributed by atoms with van der Waals surface area (Å²) in [4.78, 5) is 28.9. The van der Waals surface area contributed by atoms with Crippen LogP contribution in [0.1, 0.15) is 34.6 Å². The lowest BCUT2D eigenvalue weighted by Gasteiger charge is -2.14. The third-order valence-electron chi connectivity index (χ3n) is 4.08. The first-order valence-corrected chi connectivity index (χ1v) is 8.42. The number of esters is 1. The van der Waals surface area contributed by atoms with Crippen LogP contribution in [0.4, 0.5) is 0 Å². The van der Waals surface area contributed by atoms with Crippen molar-refractivity contribution in [2.24, 2.45) is 0 Å². The summed E-state index contributed by atoms with van der Waals surface area (Å²) >= 11 is 0. The van der Waals surface area contributed by atoms with Crippen molar-refractivity contribution in [2.75, 3.05) is 6.61 Å². The molecule has 0 aliphatic rings. The molecule has 0 saturated carbocycles. The molecule has 5 heteroatoms. The van der Waals surface area contributed by atoms with E-state index in [1.54, 1.807) is 6.07 Å². The van der Waals surface area contributed by atoms with E-state index >= 15 is 0 Å². The quantitative estimate of drug-likeness (QED) is 0.716. The number of ether oxygens (including phenoxy) is 1. The average Bonchev–Trinajstić information content (AvgIpc) is 2.66. The van der Waals surface area contributed by atoms with Gasteiger partial charge in [0.05, 0.1) is 17.1 Å². The van der Waals surface area contributed by atoms with E-state index in [1.165, 1.54) is 0 Å². The van der Waals surface area contributed by atoms with Crippen molar-refractivity contribution in [1.82, 2.24) is 10.3 Å². The van der Waals surface area contributed by atoms with E-state index in [2.05, 4.69) is 10.3 Å². The first-order chi connectivity index (χ1) is 12.5. The monoisotopic (exact) mass is 348 g/mol. The van der Waals surface area contributed by atoms with Crippen LogP contribution in [0.15, 0.2) is 60.7 Å². The number of amides is 1. The van der Waals surface area contributed by atoms with Gasteiger partial charge >= 0.3 is 5.97 Å². The lowest BCUT2D eigenvalue weighted by molar-refractivity contribution is -0.124. The lowest BCUT2D eigenvalue weighted by atomic mass is 10.1. The number of fused-ring (bicyclic) bond motifs is 1. The van der Waals surface area contributed by atoms with Crippen molar-refractivity contribution in [1.29, 1.82) is 0 Å². The van der Waals surface area contributed by atoms with E-state index in [0.29, 0.717) is 10.9 Å². The topological polar surface area (TPSA) is 68.3 Å². The fourth-order valence-electron chi connectivity index (χ4n) is 2.79. The fraction of sp³-hybridized carbons (Fsp3) is 0.190. The molecule has 1 atom stereocenters. The molecule has 0 aliphatic heterocycles. The molecule has 26 heavy (non-hydrogen) atoms. The standard InChI is InChI=1S/C21H20N2O3/c1-14-12-18(17-10-6-7-11-19(17)22-14)21(25)26-13-20(24)23-15(2)16-8-4-3-5-9-16/h3-12,15H,13H2,1-2H3,(H,23,24). The number of aromatic nitrogens is 1. The Hall–Kier alpha value is -3.21. The Morgan fingerprint density at radius 3 is 2.54 bits per heavy atom. The van der Waals surface area contributed by atoms with Gasteiger partial charge in [0.2, 0.25) is 0 Å². The van der Waals surface area contributed by atoms with Crippen LogP contribution < -0.4 is 5.32 Å². The van der Waals surface area contributed by atoms with Crippen LogP contribution in [-0.2, 0) is 9.53 Å². The van der Waals surface area contributed by atoms with Gasteiger partial charge in [-0.25, -0.2) is 4.79 Å². The minimum atomic E-state index is -0.533. The molecular weight excluding hydrogens is 328 g/mol. The number of rotatable bonds is 5. The maximum absolute atomic E-state index is 12.4. The number of aryl methyl sites for hydroxylation is 1. The van der Waals surface area contributed by atoms with E-state index < -0.39 is 5.97 Å². The summed E-state index contributed by atoms with van der Waals surface area (Å²) in [6, 6.07) is 18.5. The highest BCUT2D eigenvalue weighted by Crippen LogP contribution is 2.19. The Morgan fingerprint density at radius 2 is 1.77 bits per heavy atom. The summed E-state index contributed by atoms with van der Waals surface area (Å²) in [5.74, 6) is -0.876. The molecule has 1 amide bonds. The second-order valence-electron chi connectivity index (χ2n) is 6.10. The second kappa shape index (κ2) is 7.78. The first-order valence-electron chi connectivity index (χ1n) is 8.42. The molecular formula is C21H20N2O3. The number of benzene rings is 2. The Morgan fingerprint density at radius 1 is 1.08 bits per heavy atom. The number of para-hydroxylation sites is 1. The molecule has 0 fully saturated rings. The van der Waals surface area contributed by atoms with Gasteiger partial charge in [-0.1, -0.05) is 48.5 Å². The minimum Gasteiger partial charge on any atom is -0.452 e. The Kier molecular flexibility index (Phi) is 5.27. The molecule has 132 valence electrons. The number of hydrogen-bond donors (Lipinski definition) is 1. The zero-order valence-corrected chi connectivity index (χ0v) is 14.7. The fourth-order valence-corrected chi connectivity index (χ4v) is 2.79. The molecule has 1 heterocycles. The number of nitrogens with one attached hydrogen (secondary N) is 1. The Labute approximate surface area is 152 Å². The molecule has 0 aliphatic carbocycles. The predicted octanol–water partition coefficient (Wildman–Crippen LogP) is 3.58. The van der Waals surface area contributed by atoms with Crippen LogP contribution in [-0.4, -0.2) is 23.5 Å². The van der Waals surface area contributed by atoms with Crippen molar-refractivity contribution < 1.29 is 14.3 Å². The van der Waals surface area contributed by atoms with Crippen LogP contribution in [0.2, 0.25) is 0 Å². The molecule has 0 spiro atoms.